The number of fused-ring (bicyclic) bond motifs is 6. The van der Waals surface area contributed by atoms with E-state index in [1.54, 1.807) is 25.5 Å². The fourth-order valence-corrected chi connectivity index (χ4v) is 16.1. The summed E-state index contributed by atoms with van der Waals surface area (Å²) in [4.78, 5) is 84.8. The van der Waals surface area contributed by atoms with Crippen LogP contribution in [0.2, 0.25) is 0 Å². The first kappa shape index (κ1) is 68.5. The van der Waals surface area contributed by atoms with Crippen LogP contribution in [-0.2, 0) is 7.05 Å². The maximum Gasteiger partial charge on any atom is 0.265 e. The topological polar surface area (TPSA) is 163 Å². The van der Waals surface area contributed by atoms with Crippen molar-refractivity contribution in [2.75, 3.05) is 0 Å². The maximum absolute atomic E-state index is 14.1. The second-order valence-electron chi connectivity index (χ2n) is 28.6. The summed E-state index contributed by atoms with van der Waals surface area (Å²) in [5, 5.41) is 1.62. The Morgan fingerprint density at radius 1 is 0.296 bits per heavy atom. The molecule has 20 aromatic rings. The molecule has 14 heteroatoms. The molecule has 9 heterocycles. The van der Waals surface area contributed by atoms with Gasteiger partial charge in [0.15, 0.2) is 6.29 Å². The number of nitrogens with zero attached hydrogens (tertiary/aromatic N) is 10. The van der Waals surface area contributed by atoms with Crippen LogP contribution in [0.1, 0.15) is 10.4 Å². The second-order valence-corrected chi connectivity index (χ2v) is 28.6. The highest BCUT2D eigenvalue weighted by Crippen LogP contribution is 2.48. The molecule has 0 fully saturated rings. The zero-order chi connectivity index (χ0) is 77.2. The van der Waals surface area contributed by atoms with Gasteiger partial charge in [0.25, 0.3) is 16.7 Å². The summed E-state index contributed by atoms with van der Waals surface area (Å²) in [6.07, 6.45) is 12.0. The Bertz CT molecular complexity index is 7480. The van der Waals surface area contributed by atoms with E-state index in [-0.39, 0.29) is 16.7 Å². The minimum absolute atomic E-state index is 0.146. The van der Waals surface area contributed by atoms with Crippen molar-refractivity contribution in [2.24, 2.45) is 12.0 Å². The molecule has 0 N–H and O–H groups in total. The highest BCUT2D eigenvalue weighted by atomic mass is 16.1. The Kier molecular flexibility index (Phi) is 17.0. The third-order valence-electron chi connectivity index (χ3n) is 21.7. The number of carbonyl (C=O) groups excluding carboxylic acids is 1. The average molecular weight is 1480 g/mol. The molecule has 0 saturated carbocycles. The zero-order valence-electron chi connectivity index (χ0n) is 61.8. The van der Waals surface area contributed by atoms with Gasteiger partial charge in [-0.05, 0) is 268 Å². The number of hydrogen-bond donors (Lipinski definition) is 0. The van der Waals surface area contributed by atoms with Gasteiger partial charge in [0.05, 0.1) is 49.8 Å². The van der Waals surface area contributed by atoms with Crippen molar-refractivity contribution in [3.8, 4) is 134 Å². The van der Waals surface area contributed by atoms with Crippen molar-refractivity contribution < 1.29 is 4.79 Å². The Balaban J connectivity index is 0.836. The van der Waals surface area contributed by atoms with E-state index < -0.39 is 0 Å². The monoisotopic (exact) mass is 1480 g/mol. The zero-order valence-corrected chi connectivity index (χ0v) is 61.8. The van der Waals surface area contributed by atoms with E-state index in [9.17, 15) is 19.2 Å². The quantitative estimate of drug-likeness (QED) is 0.0761. The lowest BCUT2D eigenvalue weighted by molar-refractivity contribution is 0.112. The molecular weight excluding hydrogens is 1420 g/mol. The summed E-state index contributed by atoms with van der Waals surface area (Å²) >= 11 is 0. The lowest BCUT2D eigenvalue weighted by Gasteiger charge is -2.21. The van der Waals surface area contributed by atoms with Gasteiger partial charge in [-0.15, -0.1) is 0 Å². The van der Waals surface area contributed by atoms with Crippen LogP contribution >= 0.6 is 0 Å². The Hall–Kier alpha value is -15.8. The molecule has 0 amide bonds. The van der Waals surface area contributed by atoms with Crippen molar-refractivity contribution in [3.63, 3.8) is 0 Å². The van der Waals surface area contributed by atoms with Gasteiger partial charge in [-0.25, -0.2) is 19.9 Å². The summed E-state index contributed by atoms with van der Waals surface area (Å²) < 4.78 is 6.78. The Morgan fingerprint density at radius 3 is 1.04 bits per heavy atom. The van der Waals surface area contributed by atoms with E-state index in [1.165, 1.54) is 0 Å². The molecule has 0 aliphatic carbocycles. The average Bonchev–Trinajstić information content (AvgIpc) is 0.741. The normalized spacial score (nSPS) is 11.7. The molecule has 20 rings (SSSR count). The van der Waals surface area contributed by atoms with Crippen LogP contribution in [0, 0.1) is 0 Å². The summed E-state index contributed by atoms with van der Waals surface area (Å²) in [6.45, 7) is 0. The summed E-state index contributed by atoms with van der Waals surface area (Å²) in [6, 6.07) is 110. The standard InChI is InChI=1S/C101H64N10O4/c1-108-47-42-63(57-94(108)104-88-35-14-2-21-68(88)62-112)75-22-3-7-26-79(75)69-51-70(80-27-8-4-23-76(80)64-43-48-109-95(58-64)105-89-36-15-11-30-85(89)99(109)113)54-73(53-69)83-33-20-34-84(98(83)67-40-41-93(103-61-67)92-39-18-19-46-102-92)74-55-71(81-28-9-5-24-77(81)65-44-49-110-96(59-65)106-90-37-16-12-31-86(90)100(110)114)52-72(56-74)82-29-10-6-25-78(82)66-45-50-111-97(60-66)107-91-38-17-13-32-87(91)101(111)115/h2-62H,1H3/b104-94-. The molecule has 0 bridgehead atoms. The van der Waals surface area contributed by atoms with Gasteiger partial charge < -0.3 is 4.57 Å². The third kappa shape index (κ3) is 12.4. The van der Waals surface area contributed by atoms with Crippen LogP contribution in [0.4, 0.5) is 5.69 Å². The van der Waals surface area contributed by atoms with E-state index in [4.69, 9.17) is 29.9 Å². The van der Waals surface area contributed by atoms with Crippen molar-refractivity contribution in [3.05, 3.63) is 407 Å². The number of aldehydes is 1. The van der Waals surface area contributed by atoms with Gasteiger partial charge >= 0.3 is 0 Å². The maximum atomic E-state index is 14.1. The number of para-hydroxylation sites is 4. The molecule has 0 radical (unpaired) electrons. The number of hydrogen-bond acceptors (Lipinski definition) is 10. The van der Waals surface area contributed by atoms with Crippen LogP contribution in [0.15, 0.2) is 384 Å². The molecule has 0 aliphatic rings. The number of carbonyl (C=O) groups is 1. The summed E-state index contributed by atoms with van der Waals surface area (Å²) in [5.41, 5.74) is 26.2. The second kappa shape index (κ2) is 28.6. The van der Waals surface area contributed by atoms with Crippen molar-refractivity contribution in [2.45, 2.75) is 0 Å². The predicted molar refractivity (Wildman–Crippen MR) is 461 cm³/mol. The van der Waals surface area contributed by atoms with Crippen molar-refractivity contribution in [1.29, 1.82) is 0 Å². The smallest absolute Gasteiger partial charge is 0.265 e. The fourth-order valence-electron chi connectivity index (χ4n) is 16.1. The minimum atomic E-state index is -0.146. The van der Waals surface area contributed by atoms with Gasteiger partial charge in [-0.2, -0.15) is 0 Å². The highest BCUT2D eigenvalue weighted by molar-refractivity contribution is 6.01. The first-order chi connectivity index (χ1) is 56.6. The van der Waals surface area contributed by atoms with Crippen LogP contribution in [0.25, 0.3) is 183 Å². The van der Waals surface area contributed by atoms with E-state index in [2.05, 4.69) is 152 Å². The number of benzene rings is 11. The van der Waals surface area contributed by atoms with Crippen LogP contribution in [0.5, 0.6) is 0 Å². The highest BCUT2D eigenvalue weighted by Gasteiger charge is 2.24. The largest absolute Gasteiger partial charge is 0.336 e. The van der Waals surface area contributed by atoms with E-state index in [0.717, 1.165) is 134 Å². The number of aryl methyl sites for hydroxylation is 1. The molecule has 0 atom stereocenters. The molecule has 14 nitrogen and oxygen atoms in total. The molecule has 542 valence electrons. The molecule has 115 heavy (non-hydrogen) atoms. The Morgan fingerprint density at radius 2 is 0.643 bits per heavy atom. The van der Waals surface area contributed by atoms with E-state index in [0.29, 0.717) is 72.1 Å². The molecule has 11 aromatic carbocycles. The van der Waals surface area contributed by atoms with E-state index >= 15 is 0 Å². The van der Waals surface area contributed by atoms with Crippen molar-refractivity contribution in [1.82, 2.24) is 42.7 Å². The van der Waals surface area contributed by atoms with Crippen LogP contribution in [0.3, 0.4) is 0 Å². The third-order valence-corrected chi connectivity index (χ3v) is 21.7. The fraction of sp³-hybridized carbons (Fsp3) is 0.00990. The van der Waals surface area contributed by atoms with Gasteiger partial charge in [0.1, 0.15) is 22.4 Å². The first-order valence-corrected chi connectivity index (χ1v) is 37.8. The molecule has 0 unspecified atom stereocenters. The number of aromatic nitrogens is 9. The first-order valence-electron chi connectivity index (χ1n) is 37.8. The summed E-state index contributed by atoms with van der Waals surface area (Å²) in [7, 11) is 1.95. The van der Waals surface area contributed by atoms with Crippen LogP contribution in [-0.4, -0.2) is 49.0 Å². The summed E-state index contributed by atoms with van der Waals surface area (Å²) in [5.74, 6) is 0. The molecule has 0 saturated heterocycles. The Labute approximate surface area is 657 Å². The van der Waals surface area contributed by atoms with Crippen LogP contribution < -0.4 is 22.2 Å². The van der Waals surface area contributed by atoms with Crippen molar-refractivity contribution >= 4 is 61.6 Å². The number of pyridine rings is 6. The van der Waals surface area contributed by atoms with Gasteiger partial charge in [-0.3, -0.25) is 42.3 Å². The molecule has 0 spiro atoms. The molecule has 9 aromatic heterocycles. The molecular formula is C101H64N10O4. The van der Waals surface area contributed by atoms with Gasteiger partial charge in [-0.1, -0.05) is 176 Å². The lowest BCUT2D eigenvalue weighted by atomic mass is 9.83. The van der Waals surface area contributed by atoms with E-state index in [1.807, 2.05) is 212 Å². The minimum Gasteiger partial charge on any atom is -0.336 e. The molecule has 0 aliphatic heterocycles. The van der Waals surface area contributed by atoms with Gasteiger partial charge in [0, 0.05) is 55.4 Å². The number of rotatable bonds is 14. The lowest BCUT2D eigenvalue weighted by Crippen LogP contribution is -2.16. The predicted octanol–water partition coefficient (Wildman–Crippen LogP) is 21.3. The van der Waals surface area contributed by atoms with Gasteiger partial charge in [0.2, 0.25) is 0 Å². The SMILES string of the molecule is Cn1ccc(-c2ccccc2-c2cc(-c3ccccc3-c3ccn4c(=O)c5ccccc5nc4c3)cc(-c3cccc(-c4cc(-c5ccccc5-c5ccn6c(=O)c7ccccc7nc6c5)cc(-c5ccccc5-c5ccn6c(=O)c7ccccc7nc6c5)c4)c3-c3ccc(-c4ccccn4)nc3)c2)c/c1=N/c1ccccc1C=O.